The number of nitrogens with two attached hydrogens (primary N) is 2. The van der Waals surface area contributed by atoms with Crippen molar-refractivity contribution in [1.82, 2.24) is 21.3 Å². The fourth-order valence-electron chi connectivity index (χ4n) is 2.52. The Kier molecular flexibility index (Phi) is 20.7. The van der Waals surface area contributed by atoms with Crippen LogP contribution in [0, 0.1) is 0 Å². The van der Waals surface area contributed by atoms with E-state index in [1.807, 2.05) is 0 Å². The molecule has 18 nitrogen and oxygen atoms in total. The monoisotopic (exact) mass is 772 g/mol. The summed E-state index contributed by atoms with van der Waals surface area (Å²) in [6.07, 6.45) is -0.896. The van der Waals surface area contributed by atoms with Crippen LogP contribution in [-0.4, -0.2) is 141 Å². The third-order valence-electron chi connectivity index (χ3n) is 4.72. The van der Waals surface area contributed by atoms with E-state index >= 15 is 0 Å². The minimum absolute atomic E-state index is 0.0631. The van der Waals surface area contributed by atoms with Gasteiger partial charge in [0.25, 0.3) is 0 Å². The van der Waals surface area contributed by atoms with Crippen LogP contribution in [0.3, 0.4) is 0 Å². The Morgan fingerprint density at radius 1 is 0.619 bits per heavy atom. The van der Waals surface area contributed by atoms with Gasteiger partial charge in [-0.15, -0.1) is 0 Å². The van der Waals surface area contributed by atoms with Gasteiger partial charge in [0, 0.05) is 0 Å². The summed E-state index contributed by atoms with van der Waals surface area (Å²) in [6.45, 7) is -1.35. The molecule has 0 bridgehead atoms. The van der Waals surface area contributed by atoms with Crippen LogP contribution in [0.1, 0.15) is 25.7 Å². The predicted molar refractivity (Wildman–Crippen MR) is 151 cm³/mol. The molecule has 0 aliphatic heterocycles. The summed E-state index contributed by atoms with van der Waals surface area (Å²) in [6, 6.07) is -4.77. The zero-order valence-electron chi connectivity index (χ0n) is 21.8. The summed E-state index contributed by atoms with van der Waals surface area (Å²) in [5.74, 6) is -7.85. The van der Waals surface area contributed by atoms with Gasteiger partial charge in [-0.25, -0.2) is 0 Å². The van der Waals surface area contributed by atoms with E-state index in [4.69, 9.17) is 31.9 Å². The maximum absolute atomic E-state index is 12.4. The normalized spacial score (nSPS) is 13.5. The van der Waals surface area contributed by atoms with Crippen LogP contribution < -0.4 is 32.7 Å². The summed E-state index contributed by atoms with van der Waals surface area (Å²) in [5, 5.41) is 44.4. The van der Waals surface area contributed by atoms with E-state index < -0.39 is 84.8 Å². The first-order valence-electron chi connectivity index (χ1n) is 11.8. The Labute approximate surface area is 257 Å². The fourth-order valence-corrected chi connectivity index (χ4v) is 18.9. The van der Waals surface area contributed by atoms with E-state index in [1.165, 1.54) is 20.4 Å². The van der Waals surface area contributed by atoms with Crippen molar-refractivity contribution in [3.8, 4) is 0 Å². The van der Waals surface area contributed by atoms with E-state index in [1.54, 1.807) is 0 Å². The van der Waals surface area contributed by atoms with E-state index in [2.05, 4.69) is 21.3 Å². The van der Waals surface area contributed by atoms with E-state index in [9.17, 15) is 38.4 Å². The summed E-state index contributed by atoms with van der Waals surface area (Å²) < 4.78 is 0. The van der Waals surface area contributed by atoms with Crippen LogP contribution in [-0.2, 0) is 38.4 Å². The number of carboxylic acid groups (broad SMARTS) is 4. The fraction of sp³-hybridized carbons (Fsp3) is 0.600. The van der Waals surface area contributed by atoms with Crippen LogP contribution in [0.2, 0.25) is 0 Å². The van der Waals surface area contributed by atoms with E-state index in [0.29, 0.717) is 0 Å². The van der Waals surface area contributed by atoms with Gasteiger partial charge < -0.3 is 0 Å². The third kappa shape index (κ3) is 19.5. The van der Waals surface area contributed by atoms with Crippen molar-refractivity contribution in [1.29, 1.82) is 0 Å². The van der Waals surface area contributed by atoms with Crippen molar-refractivity contribution < 1.29 is 58.8 Å². The minimum atomic E-state index is -1.30. The van der Waals surface area contributed by atoms with Crippen LogP contribution in [0.4, 0.5) is 0 Å². The first-order valence-corrected chi connectivity index (χ1v) is 22.1. The van der Waals surface area contributed by atoms with Gasteiger partial charge in [-0.1, -0.05) is 0 Å². The molecule has 0 aliphatic rings. The molecular formula is C20H32N6O12S2Se2. The molecule has 0 aliphatic carbocycles. The number of amides is 4. The topological polar surface area (TPSA) is 318 Å². The first-order chi connectivity index (χ1) is 19.6. The molecule has 0 aromatic heterocycles. The van der Waals surface area contributed by atoms with Gasteiger partial charge in [0.1, 0.15) is 0 Å². The maximum atomic E-state index is 12.4. The number of hydrogen-bond donors (Lipinski definition) is 10. The molecule has 238 valence electrons. The van der Waals surface area contributed by atoms with Gasteiger partial charge in [-0.2, -0.15) is 0 Å². The molecule has 0 spiro atoms. The van der Waals surface area contributed by atoms with Crippen LogP contribution in [0.25, 0.3) is 0 Å². The molecule has 0 saturated carbocycles. The SMILES string of the molecule is NC(CCC(=O)NC(CS[Se][Se]SCC(NC(=O)CCC(N)C(=O)O)C(=O)NCC(=O)O)C(=O)NCC(=O)O)C(=O)O. The van der Waals surface area contributed by atoms with Crippen molar-refractivity contribution >= 4 is 91.9 Å². The second kappa shape index (κ2) is 22.0. The van der Waals surface area contributed by atoms with Crippen molar-refractivity contribution in [2.75, 3.05) is 24.6 Å². The predicted octanol–water partition coefficient (Wildman–Crippen LogP) is -4.64. The Balaban J connectivity index is 4.93. The Bertz CT molecular complexity index is 919. The van der Waals surface area contributed by atoms with Gasteiger partial charge >= 0.3 is 258 Å². The number of nitrogens with one attached hydrogen (secondary N) is 4. The average Bonchev–Trinajstić information content (AvgIpc) is 2.91. The quantitative estimate of drug-likeness (QED) is 0.0345. The molecule has 22 heteroatoms. The molecule has 4 atom stereocenters. The van der Waals surface area contributed by atoms with Gasteiger partial charge in [-0.05, 0) is 0 Å². The Morgan fingerprint density at radius 3 is 1.24 bits per heavy atom. The van der Waals surface area contributed by atoms with Crippen LogP contribution in [0.15, 0.2) is 0 Å². The zero-order chi connectivity index (χ0) is 32.2. The molecule has 0 aromatic rings. The zero-order valence-corrected chi connectivity index (χ0v) is 26.9. The molecule has 4 amide bonds. The average molecular weight is 771 g/mol. The summed E-state index contributed by atoms with van der Waals surface area (Å²) in [4.78, 5) is 92.3. The Hall–Kier alpha value is -2.58. The van der Waals surface area contributed by atoms with Crippen LogP contribution in [0.5, 0.6) is 0 Å². The molecule has 0 fully saturated rings. The summed E-state index contributed by atoms with van der Waals surface area (Å²) >= 11 is -0.362. The summed E-state index contributed by atoms with van der Waals surface area (Å²) in [5.41, 5.74) is 10.7. The second-order valence-electron chi connectivity index (χ2n) is 8.14. The molecule has 0 rings (SSSR count). The number of carbonyl (C=O) groups excluding carboxylic acids is 4. The number of hydrogen-bond acceptors (Lipinski definition) is 12. The van der Waals surface area contributed by atoms with Gasteiger partial charge in [0.15, 0.2) is 0 Å². The number of aliphatic carboxylic acids is 4. The molecule has 4 unspecified atom stereocenters. The summed E-state index contributed by atoms with van der Waals surface area (Å²) in [7, 11) is 2.58. The molecular weight excluding hydrogens is 738 g/mol. The molecule has 0 aromatic carbocycles. The number of rotatable bonds is 23. The van der Waals surface area contributed by atoms with Crippen molar-refractivity contribution in [2.45, 2.75) is 49.9 Å². The van der Waals surface area contributed by atoms with Crippen molar-refractivity contribution in [3.05, 3.63) is 0 Å². The number of carbonyl (C=O) groups is 8. The van der Waals surface area contributed by atoms with Crippen molar-refractivity contribution in [2.24, 2.45) is 11.5 Å². The molecule has 42 heavy (non-hydrogen) atoms. The van der Waals surface area contributed by atoms with Gasteiger partial charge in [0.2, 0.25) is 0 Å². The molecule has 0 radical (unpaired) electrons. The third-order valence-corrected chi connectivity index (χ3v) is 21.8. The van der Waals surface area contributed by atoms with E-state index in [0.717, 1.165) is 0 Å². The first kappa shape index (κ1) is 39.4. The Morgan fingerprint density at radius 2 is 0.952 bits per heavy atom. The molecule has 12 N–H and O–H groups in total. The molecule has 0 saturated heterocycles. The standard InChI is InChI=1S/C20H32N6O12S2Se2/c21-9(19(35)36)1-3-13(27)25-11(17(33)23-5-15(29)30)7-39-41-42-40-8-12(18(34)24-6-16(31)32)26-14(28)4-2-10(22)20(37)38/h9-12H,1-8,21-22H2,(H,23,33)(H,24,34)(H,25,27)(H,26,28)(H,29,30)(H,31,32)(H,35,36)(H,37,38). The van der Waals surface area contributed by atoms with Gasteiger partial charge in [0.05, 0.1) is 0 Å². The van der Waals surface area contributed by atoms with E-state index in [-0.39, 0.29) is 61.2 Å². The number of carboxylic acids is 4. The van der Waals surface area contributed by atoms with Gasteiger partial charge in [-0.3, -0.25) is 0 Å². The van der Waals surface area contributed by atoms with Crippen molar-refractivity contribution in [3.63, 3.8) is 0 Å². The van der Waals surface area contributed by atoms with Crippen LogP contribution >= 0.6 is 20.4 Å². The molecule has 0 heterocycles. The second-order valence-corrected chi connectivity index (χ2v) is 23.1.